The average Bonchev–Trinajstić information content (AvgIpc) is 2.43. The zero-order chi connectivity index (χ0) is 14.7. The van der Waals surface area contributed by atoms with E-state index in [4.69, 9.17) is 10.5 Å². The number of hydrogen-bond donors (Lipinski definition) is 2. The van der Waals surface area contributed by atoms with E-state index in [1.165, 1.54) is 0 Å². The Morgan fingerprint density at radius 2 is 2.10 bits per heavy atom. The van der Waals surface area contributed by atoms with Gasteiger partial charge in [-0.25, -0.2) is 4.98 Å². The Hall–Kier alpha value is -2.30. The first-order valence-electron chi connectivity index (χ1n) is 6.51. The van der Waals surface area contributed by atoms with E-state index < -0.39 is 6.04 Å². The molecule has 20 heavy (non-hydrogen) atoms. The molecular weight excluding hydrogens is 254 g/mol. The topological polar surface area (TPSA) is 77.2 Å². The monoisotopic (exact) mass is 273 g/mol. The molecule has 2 rings (SSSR count). The summed E-state index contributed by atoms with van der Waals surface area (Å²) in [6, 6.07) is 7.19. The Labute approximate surface area is 118 Å². The summed E-state index contributed by atoms with van der Waals surface area (Å²) >= 11 is 0. The molecule has 0 aliphatic heterocycles. The van der Waals surface area contributed by atoms with Crippen LogP contribution in [0.25, 0.3) is 10.8 Å². The first-order chi connectivity index (χ1) is 9.52. The molecule has 0 bridgehead atoms. The molecule has 5 nitrogen and oxygen atoms in total. The Kier molecular flexibility index (Phi) is 4.08. The highest BCUT2D eigenvalue weighted by Crippen LogP contribution is 2.26. The molecule has 0 fully saturated rings. The second-order valence-corrected chi connectivity index (χ2v) is 5.02. The number of methoxy groups -OCH3 is 1. The molecule has 0 spiro atoms. The molecule has 0 radical (unpaired) electrons. The summed E-state index contributed by atoms with van der Waals surface area (Å²) < 4.78 is 5.23. The Bertz CT molecular complexity index is 626. The van der Waals surface area contributed by atoms with E-state index in [1.807, 2.05) is 38.1 Å². The lowest BCUT2D eigenvalue weighted by Crippen LogP contribution is -2.39. The molecule has 0 saturated heterocycles. The van der Waals surface area contributed by atoms with E-state index >= 15 is 0 Å². The number of nitrogens with zero attached hydrogens (tertiary/aromatic N) is 1. The van der Waals surface area contributed by atoms with E-state index in [0.29, 0.717) is 5.82 Å². The smallest absolute Gasteiger partial charge is 0.240 e. The maximum Gasteiger partial charge on any atom is 0.240 e. The number of ether oxygens (including phenoxy) is 1. The van der Waals surface area contributed by atoms with Crippen LogP contribution in [0.15, 0.2) is 30.5 Å². The van der Waals surface area contributed by atoms with Gasteiger partial charge in [0.25, 0.3) is 0 Å². The number of primary amides is 1. The number of nitrogens with one attached hydrogen (secondary N) is 1. The Balaban J connectivity index is 2.45. The fourth-order valence-corrected chi connectivity index (χ4v) is 2.10. The number of nitrogens with two attached hydrogens (primary N) is 1. The molecule has 3 N–H and O–H groups in total. The number of carbonyl (C=O) groups is 1. The van der Waals surface area contributed by atoms with Crippen molar-refractivity contribution in [3.05, 3.63) is 30.5 Å². The number of pyridine rings is 1. The van der Waals surface area contributed by atoms with Crippen LogP contribution in [0, 0.1) is 5.92 Å². The highest BCUT2D eigenvalue weighted by molar-refractivity contribution is 5.94. The van der Waals surface area contributed by atoms with Crippen molar-refractivity contribution < 1.29 is 9.53 Å². The van der Waals surface area contributed by atoms with Crippen LogP contribution in [-0.4, -0.2) is 24.0 Å². The van der Waals surface area contributed by atoms with Crippen molar-refractivity contribution in [2.24, 2.45) is 11.7 Å². The van der Waals surface area contributed by atoms with Crippen molar-refractivity contribution in [3.8, 4) is 5.75 Å². The van der Waals surface area contributed by atoms with Crippen LogP contribution in [-0.2, 0) is 4.79 Å². The highest BCUT2D eigenvalue weighted by Gasteiger charge is 2.20. The zero-order valence-corrected chi connectivity index (χ0v) is 11.9. The van der Waals surface area contributed by atoms with Crippen LogP contribution < -0.4 is 15.8 Å². The molecule has 0 saturated carbocycles. The molecule has 1 amide bonds. The summed E-state index contributed by atoms with van der Waals surface area (Å²) in [7, 11) is 1.62. The quantitative estimate of drug-likeness (QED) is 0.875. The van der Waals surface area contributed by atoms with Gasteiger partial charge in [-0.15, -0.1) is 0 Å². The molecule has 2 aromatic rings. The van der Waals surface area contributed by atoms with E-state index in [0.717, 1.165) is 16.5 Å². The summed E-state index contributed by atoms with van der Waals surface area (Å²) in [5.41, 5.74) is 5.43. The summed E-state index contributed by atoms with van der Waals surface area (Å²) in [6.07, 6.45) is 1.70. The van der Waals surface area contributed by atoms with Crippen LogP contribution in [0.1, 0.15) is 13.8 Å². The predicted molar refractivity (Wildman–Crippen MR) is 79.7 cm³/mol. The lowest BCUT2D eigenvalue weighted by molar-refractivity contribution is -0.119. The van der Waals surface area contributed by atoms with Crippen LogP contribution in [0.3, 0.4) is 0 Å². The second kappa shape index (κ2) is 5.77. The molecule has 1 aromatic heterocycles. The molecule has 0 aliphatic carbocycles. The SMILES string of the molecule is COc1ccc2ccnc(NC(C(N)=O)C(C)C)c2c1. The minimum atomic E-state index is -0.459. The predicted octanol–water partition coefficient (Wildman–Crippen LogP) is 2.17. The number of amides is 1. The van der Waals surface area contributed by atoms with E-state index in [9.17, 15) is 4.79 Å². The van der Waals surface area contributed by atoms with Crippen LogP contribution in [0.2, 0.25) is 0 Å². The number of hydrogen-bond acceptors (Lipinski definition) is 4. The van der Waals surface area contributed by atoms with Gasteiger partial charge in [0, 0.05) is 11.6 Å². The number of carbonyl (C=O) groups excluding carboxylic acids is 1. The molecule has 1 unspecified atom stereocenters. The van der Waals surface area contributed by atoms with Crippen molar-refractivity contribution >= 4 is 22.5 Å². The van der Waals surface area contributed by atoms with Gasteiger partial charge in [0.15, 0.2) is 0 Å². The van der Waals surface area contributed by atoms with Crippen LogP contribution in [0.5, 0.6) is 5.75 Å². The first-order valence-corrected chi connectivity index (χ1v) is 6.51. The number of rotatable bonds is 5. The van der Waals surface area contributed by atoms with Crippen molar-refractivity contribution in [2.45, 2.75) is 19.9 Å². The molecule has 1 atom stereocenters. The molecule has 0 aliphatic rings. The van der Waals surface area contributed by atoms with Gasteiger partial charge in [-0.2, -0.15) is 0 Å². The largest absolute Gasteiger partial charge is 0.497 e. The minimum absolute atomic E-state index is 0.0789. The standard InChI is InChI=1S/C15H19N3O2/c1-9(2)13(14(16)19)18-15-12-8-11(20-3)5-4-10(12)6-7-17-15/h4-9,13H,1-3H3,(H2,16,19)(H,17,18). The summed E-state index contributed by atoms with van der Waals surface area (Å²) in [6.45, 7) is 3.88. The molecule has 1 aromatic carbocycles. The van der Waals surface area contributed by atoms with Crippen LogP contribution >= 0.6 is 0 Å². The van der Waals surface area contributed by atoms with Crippen LogP contribution in [0.4, 0.5) is 5.82 Å². The van der Waals surface area contributed by atoms with Gasteiger partial charge in [0.1, 0.15) is 17.6 Å². The van der Waals surface area contributed by atoms with E-state index in [1.54, 1.807) is 13.3 Å². The average molecular weight is 273 g/mol. The minimum Gasteiger partial charge on any atom is -0.497 e. The van der Waals surface area contributed by atoms with Gasteiger partial charge >= 0.3 is 0 Å². The van der Waals surface area contributed by atoms with E-state index in [-0.39, 0.29) is 11.8 Å². The number of aromatic nitrogens is 1. The maximum absolute atomic E-state index is 11.5. The lowest BCUT2D eigenvalue weighted by atomic mass is 10.0. The van der Waals surface area contributed by atoms with Crippen molar-refractivity contribution in [3.63, 3.8) is 0 Å². The fourth-order valence-electron chi connectivity index (χ4n) is 2.10. The third-order valence-electron chi connectivity index (χ3n) is 3.24. The second-order valence-electron chi connectivity index (χ2n) is 5.02. The van der Waals surface area contributed by atoms with Gasteiger partial charge in [-0.1, -0.05) is 19.9 Å². The molecular formula is C15H19N3O2. The zero-order valence-electron chi connectivity index (χ0n) is 11.9. The molecule has 5 heteroatoms. The third kappa shape index (κ3) is 2.82. The van der Waals surface area contributed by atoms with Gasteiger partial charge in [0.05, 0.1) is 7.11 Å². The third-order valence-corrected chi connectivity index (χ3v) is 3.24. The van der Waals surface area contributed by atoms with E-state index in [2.05, 4.69) is 10.3 Å². The van der Waals surface area contributed by atoms with Crippen molar-refractivity contribution in [2.75, 3.05) is 12.4 Å². The normalized spacial score (nSPS) is 12.4. The Morgan fingerprint density at radius 3 is 2.70 bits per heavy atom. The Morgan fingerprint density at radius 1 is 1.35 bits per heavy atom. The van der Waals surface area contributed by atoms with Gasteiger partial charge in [0.2, 0.25) is 5.91 Å². The number of anilines is 1. The fraction of sp³-hybridized carbons (Fsp3) is 0.333. The van der Waals surface area contributed by atoms with Crippen molar-refractivity contribution in [1.82, 2.24) is 4.98 Å². The molecule has 1 heterocycles. The maximum atomic E-state index is 11.5. The summed E-state index contributed by atoms with van der Waals surface area (Å²) in [5.74, 6) is 1.07. The summed E-state index contributed by atoms with van der Waals surface area (Å²) in [5, 5.41) is 5.06. The first kappa shape index (κ1) is 14.1. The molecule has 106 valence electrons. The highest BCUT2D eigenvalue weighted by atomic mass is 16.5. The van der Waals surface area contributed by atoms with Gasteiger partial charge in [-0.3, -0.25) is 4.79 Å². The number of fused-ring (bicyclic) bond motifs is 1. The summed E-state index contributed by atoms with van der Waals surface area (Å²) in [4.78, 5) is 15.8. The van der Waals surface area contributed by atoms with Crippen molar-refractivity contribution in [1.29, 1.82) is 0 Å². The van der Waals surface area contributed by atoms with Gasteiger partial charge in [-0.05, 0) is 29.5 Å². The lowest BCUT2D eigenvalue weighted by Gasteiger charge is -2.20. The number of benzene rings is 1. The van der Waals surface area contributed by atoms with Gasteiger partial charge < -0.3 is 15.8 Å².